The van der Waals surface area contributed by atoms with Crippen molar-refractivity contribution in [1.29, 1.82) is 0 Å². The van der Waals surface area contributed by atoms with Gasteiger partial charge in [-0.1, -0.05) is 41.9 Å². The van der Waals surface area contributed by atoms with Gasteiger partial charge in [0.15, 0.2) is 0 Å². The summed E-state index contributed by atoms with van der Waals surface area (Å²) in [6, 6.07) is 17.4. The molecule has 1 aliphatic rings. The minimum absolute atomic E-state index is 0.0818. The molecule has 0 bridgehead atoms. The van der Waals surface area contributed by atoms with Gasteiger partial charge in [-0.3, -0.25) is 4.79 Å². The van der Waals surface area contributed by atoms with E-state index in [0.717, 1.165) is 23.3 Å². The van der Waals surface area contributed by atoms with Crippen LogP contribution in [0.4, 0.5) is 0 Å². The van der Waals surface area contributed by atoms with E-state index < -0.39 is 10.0 Å². The quantitative estimate of drug-likeness (QED) is 0.571. The van der Waals surface area contributed by atoms with Crippen LogP contribution in [0.3, 0.4) is 0 Å². The maximum Gasteiger partial charge on any atom is 0.254 e. The number of amides is 1. The number of benzene rings is 2. The number of hydrogen-bond donors (Lipinski definition) is 1. The molecule has 0 aliphatic carbocycles. The SMILES string of the molecule is O=C(c1cccc(S(=O)(=O)NCc2cccs2)c1)N1CCCC1c1ccccc1Cl. The summed E-state index contributed by atoms with van der Waals surface area (Å²) in [7, 11) is -3.72. The van der Waals surface area contributed by atoms with Gasteiger partial charge >= 0.3 is 0 Å². The Hall–Kier alpha value is -2.19. The van der Waals surface area contributed by atoms with Crippen molar-refractivity contribution in [1.82, 2.24) is 9.62 Å². The van der Waals surface area contributed by atoms with Crippen LogP contribution < -0.4 is 4.72 Å². The van der Waals surface area contributed by atoms with Crippen LogP contribution in [0.25, 0.3) is 0 Å². The Labute approximate surface area is 185 Å². The van der Waals surface area contributed by atoms with E-state index in [-0.39, 0.29) is 23.4 Å². The highest BCUT2D eigenvalue weighted by molar-refractivity contribution is 7.89. The Morgan fingerprint density at radius 1 is 1.13 bits per heavy atom. The van der Waals surface area contributed by atoms with Crippen LogP contribution in [-0.2, 0) is 16.6 Å². The molecule has 156 valence electrons. The number of nitrogens with zero attached hydrogens (tertiary/aromatic N) is 1. The third-order valence-corrected chi connectivity index (χ3v) is 7.81. The molecule has 1 N–H and O–H groups in total. The number of nitrogens with one attached hydrogen (secondary N) is 1. The number of thiophene rings is 1. The van der Waals surface area contributed by atoms with Crippen molar-refractivity contribution in [2.24, 2.45) is 0 Å². The topological polar surface area (TPSA) is 66.5 Å². The lowest BCUT2D eigenvalue weighted by molar-refractivity contribution is 0.0735. The molecule has 1 amide bonds. The third-order valence-electron chi connectivity index (χ3n) is 5.19. The molecule has 8 heteroatoms. The largest absolute Gasteiger partial charge is 0.332 e. The Morgan fingerprint density at radius 2 is 1.97 bits per heavy atom. The number of halogens is 1. The molecule has 4 rings (SSSR count). The van der Waals surface area contributed by atoms with Gasteiger partial charge in [-0.25, -0.2) is 13.1 Å². The molecule has 3 aromatic rings. The molecule has 1 atom stereocenters. The first kappa shape index (κ1) is 21.1. The molecule has 1 fully saturated rings. The number of carbonyl (C=O) groups excluding carboxylic acids is 1. The van der Waals surface area contributed by atoms with Crippen LogP contribution in [0.5, 0.6) is 0 Å². The standard InChI is InChI=1S/C22H21ClN2O3S2/c23-20-10-2-1-9-19(20)21-11-4-12-25(21)22(26)16-6-3-8-18(14-16)30(27,28)24-15-17-7-5-13-29-17/h1-3,5-10,13-14,21,24H,4,11-12,15H2. The number of hydrogen-bond acceptors (Lipinski definition) is 4. The fraction of sp³-hybridized carbons (Fsp3) is 0.227. The minimum atomic E-state index is -3.72. The lowest BCUT2D eigenvalue weighted by Gasteiger charge is -2.26. The molecule has 0 saturated carbocycles. The summed E-state index contributed by atoms with van der Waals surface area (Å²) in [5.74, 6) is -0.187. The van der Waals surface area contributed by atoms with Crippen LogP contribution in [0.15, 0.2) is 70.9 Å². The second-order valence-electron chi connectivity index (χ2n) is 7.11. The summed E-state index contributed by atoms with van der Waals surface area (Å²) in [5, 5.41) is 2.53. The normalized spacial score (nSPS) is 16.7. The fourth-order valence-corrected chi connectivity index (χ4v) is 5.75. The molecule has 1 aromatic heterocycles. The molecule has 0 radical (unpaired) electrons. The average Bonchev–Trinajstić information content (AvgIpc) is 3.44. The molecule has 1 aliphatic heterocycles. The minimum Gasteiger partial charge on any atom is -0.332 e. The zero-order chi connectivity index (χ0) is 21.1. The first-order chi connectivity index (χ1) is 14.5. The number of rotatable bonds is 6. The Kier molecular flexibility index (Phi) is 6.24. The Bertz CT molecular complexity index is 1150. The van der Waals surface area contributed by atoms with Gasteiger partial charge in [0.05, 0.1) is 10.9 Å². The van der Waals surface area contributed by atoms with Crippen LogP contribution >= 0.6 is 22.9 Å². The van der Waals surface area contributed by atoms with E-state index in [1.165, 1.54) is 23.5 Å². The highest BCUT2D eigenvalue weighted by atomic mass is 35.5. The summed E-state index contributed by atoms with van der Waals surface area (Å²) >= 11 is 7.84. The van der Waals surface area contributed by atoms with Crippen molar-refractivity contribution in [3.63, 3.8) is 0 Å². The molecule has 5 nitrogen and oxygen atoms in total. The molecule has 2 heterocycles. The second kappa shape index (κ2) is 8.89. The highest BCUT2D eigenvalue weighted by Crippen LogP contribution is 2.36. The van der Waals surface area contributed by atoms with E-state index in [1.807, 2.05) is 41.8 Å². The summed E-state index contributed by atoms with van der Waals surface area (Å²) in [5.41, 5.74) is 1.28. The van der Waals surface area contributed by atoms with Crippen molar-refractivity contribution in [2.45, 2.75) is 30.3 Å². The lowest BCUT2D eigenvalue weighted by Crippen LogP contribution is -2.31. The second-order valence-corrected chi connectivity index (χ2v) is 10.3. The van der Waals surface area contributed by atoms with E-state index >= 15 is 0 Å². The molecule has 1 saturated heterocycles. The van der Waals surface area contributed by atoms with Gasteiger partial charge in [-0.15, -0.1) is 11.3 Å². The van der Waals surface area contributed by atoms with E-state index in [1.54, 1.807) is 17.0 Å². The van der Waals surface area contributed by atoms with Crippen molar-refractivity contribution in [3.05, 3.63) is 87.1 Å². The molecule has 30 heavy (non-hydrogen) atoms. The number of carbonyl (C=O) groups is 1. The van der Waals surface area contributed by atoms with Gasteiger partial charge in [0.25, 0.3) is 5.91 Å². The van der Waals surface area contributed by atoms with E-state index in [9.17, 15) is 13.2 Å². The van der Waals surface area contributed by atoms with E-state index in [0.29, 0.717) is 17.1 Å². The van der Waals surface area contributed by atoms with Crippen LogP contribution in [0.1, 0.15) is 39.7 Å². The predicted molar refractivity (Wildman–Crippen MR) is 119 cm³/mol. The van der Waals surface area contributed by atoms with Gasteiger partial charge < -0.3 is 4.90 Å². The number of sulfonamides is 1. The fourth-order valence-electron chi connectivity index (χ4n) is 3.70. The zero-order valence-corrected chi connectivity index (χ0v) is 18.5. The summed E-state index contributed by atoms with van der Waals surface area (Å²) < 4.78 is 28.0. The maximum absolute atomic E-state index is 13.2. The summed E-state index contributed by atoms with van der Waals surface area (Å²) in [6.07, 6.45) is 1.71. The van der Waals surface area contributed by atoms with E-state index in [2.05, 4.69) is 4.72 Å². The first-order valence-electron chi connectivity index (χ1n) is 9.63. The number of likely N-dealkylation sites (tertiary alicyclic amines) is 1. The van der Waals surface area contributed by atoms with E-state index in [4.69, 9.17) is 11.6 Å². The Balaban J connectivity index is 1.55. The zero-order valence-electron chi connectivity index (χ0n) is 16.1. The van der Waals surface area contributed by atoms with Crippen molar-refractivity contribution in [2.75, 3.05) is 6.54 Å². The van der Waals surface area contributed by atoms with Crippen LogP contribution in [0, 0.1) is 0 Å². The monoisotopic (exact) mass is 460 g/mol. The third kappa shape index (κ3) is 4.44. The Morgan fingerprint density at radius 3 is 2.73 bits per heavy atom. The first-order valence-corrected chi connectivity index (χ1v) is 12.4. The molecule has 0 spiro atoms. The average molecular weight is 461 g/mol. The van der Waals surface area contributed by atoms with Gasteiger partial charge in [0.1, 0.15) is 0 Å². The van der Waals surface area contributed by atoms with Gasteiger partial charge in [0, 0.05) is 28.6 Å². The predicted octanol–water partition coefficient (Wildman–Crippen LogP) is 4.86. The lowest BCUT2D eigenvalue weighted by atomic mass is 10.0. The van der Waals surface area contributed by atoms with Crippen LogP contribution in [-0.4, -0.2) is 25.8 Å². The van der Waals surface area contributed by atoms with Gasteiger partial charge in [-0.2, -0.15) is 0 Å². The van der Waals surface area contributed by atoms with Gasteiger partial charge in [0.2, 0.25) is 10.0 Å². The highest BCUT2D eigenvalue weighted by Gasteiger charge is 2.32. The smallest absolute Gasteiger partial charge is 0.254 e. The molecular weight excluding hydrogens is 440 g/mol. The van der Waals surface area contributed by atoms with Crippen molar-refractivity contribution < 1.29 is 13.2 Å². The van der Waals surface area contributed by atoms with Crippen molar-refractivity contribution in [3.8, 4) is 0 Å². The summed E-state index contributed by atoms with van der Waals surface area (Å²) in [4.78, 5) is 16.0. The van der Waals surface area contributed by atoms with Crippen LogP contribution in [0.2, 0.25) is 5.02 Å². The molecule has 2 aromatic carbocycles. The van der Waals surface area contributed by atoms with Crippen molar-refractivity contribution >= 4 is 38.9 Å². The summed E-state index contributed by atoms with van der Waals surface area (Å²) in [6.45, 7) is 0.835. The van der Waals surface area contributed by atoms with Gasteiger partial charge in [-0.05, 0) is 54.1 Å². The maximum atomic E-state index is 13.2. The molecular formula is C22H21ClN2O3S2. The molecule has 1 unspecified atom stereocenters.